The third kappa shape index (κ3) is 6.19. The van der Waals surface area contributed by atoms with Crippen LogP contribution in [0.5, 0.6) is 5.75 Å². The summed E-state index contributed by atoms with van der Waals surface area (Å²) in [6.07, 6.45) is 1.94. The Kier molecular flexibility index (Phi) is 7.97. The molecule has 8 nitrogen and oxygen atoms in total. The van der Waals surface area contributed by atoms with Crippen molar-refractivity contribution in [1.82, 2.24) is 20.5 Å². The van der Waals surface area contributed by atoms with Gasteiger partial charge in [0, 0.05) is 37.0 Å². The molecule has 10 heteroatoms. The number of ether oxygens (including phenoxy) is 1. The number of benzene rings is 2. The van der Waals surface area contributed by atoms with Gasteiger partial charge in [-0.25, -0.2) is 9.18 Å². The molecule has 0 atom stereocenters. The summed E-state index contributed by atoms with van der Waals surface area (Å²) in [4.78, 5) is 37.5. The number of rotatable bonds is 8. The summed E-state index contributed by atoms with van der Waals surface area (Å²) < 4.78 is 21.6. The standard InChI is InChI=1S/C27H28BrFN4O4/c1-15-4-5-17(25(34)30-3)12-22(15)33-16(2)10-23(24(28)26(33)35)37-14-18-6-7-20(29)11-19(18)13-31-27(36)32-21-8-9-21/h4-7,10-12,21H,8-9,13-14H2,1-3H3,(H,30,34)(H2,31,32,36). The van der Waals surface area contributed by atoms with Crippen LogP contribution in [-0.4, -0.2) is 29.6 Å². The summed E-state index contributed by atoms with van der Waals surface area (Å²) in [5.41, 5.74) is 3.38. The average Bonchev–Trinajstić information content (AvgIpc) is 3.69. The van der Waals surface area contributed by atoms with Gasteiger partial charge < -0.3 is 20.7 Å². The molecule has 0 saturated heterocycles. The van der Waals surface area contributed by atoms with Crippen molar-refractivity contribution >= 4 is 27.9 Å². The topological polar surface area (TPSA) is 101 Å². The zero-order valence-electron chi connectivity index (χ0n) is 20.8. The molecule has 1 heterocycles. The highest BCUT2D eigenvalue weighted by molar-refractivity contribution is 9.10. The van der Waals surface area contributed by atoms with Crippen LogP contribution in [0.25, 0.3) is 5.69 Å². The maximum Gasteiger partial charge on any atom is 0.315 e. The number of carbonyl (C=O) groups excluding carboxylic acids is 2. The van der Waals surface area contributed by atoms with E-state index in [-0.39, 0.29) is 41.2 Å². The van der Waals surface area contributed by atoms with Crippen molar-refractivity contribution in [2.45, 2.75) is 45.9 Å². The predicted molar refractivity (Wildman–Crippen MR) is 142 cm³/mol. The average molecular weight is 571 g/mol. The Morgan fingerprint density at radius 1 is 1.11 bits per heavy atom. The Morgan fingerprint density at radius 3 is 2.57 bits per heavy atom. The van der Waals surface area contributed by atoms with E-state index in [0.717, 1.165) is 18.4 Å². The Labute approximate surface area is 222 Å². The second-order valence-electron chi connectivity index (χ2n) is 8.99. The fourth-order valence-corrected chi connectivity index (χ4v) is 4.32. The molecule has 194 valence electrons. The van der Waals surface area contributed by atoms with Gasteiger partial charge in [0.05, 0.1) is 5.69 Å². The molecule has 0 aliphatic heterocycles. The van der Waals surface area contributed by atoms with Crippen LogP contribution in [-0.2, 0) is 13.2 Å². The number of pyridine rings is 1. The largest absolute Gasteiger partial charge is 0.487 e. The molecule has 1 saturated carbocycles. The Balaban J connectivity index is 1.56. The van der Waals surface area contributed by atoms with Gasteiger partial charge >= 0.3 is 6.03 Å². The number of nitrogens with zero attached hydrogens (tertiary/aromatic N) is 1. The molecule has 2 aromatic carbocycles. The number of amides is 3. The molecule has 0 radical (unpaired) electrons. The van der Waals surface area contributed by atoms with E-state index in [9.17, 15) is 18.8 Å². The first kappa shape index (κ1) is 26.4. The second-order valence-corrected chi connectivity index (χ2v) is 9.78. The lowest BCUT2D eigenvalue weighted by atomic mass is 10.1. The highest BCUT2D eigenvalue weighted by atomic mass is 79.9. The maximum absolute atomic E-state index is 13.9. The van der Waals surface area contributed by atoms with Crippen LogP contribution in [0.2, 0.25) is 0 Å². The number of carbonyl (C=O) groups is 2. The Bertz CT molecular complexity index is 1420. The minimum Gasteiger partial charge on any atom is -0.487 e. The van der Waals surface area contributed by atoms with Crippen LogP contribution < -0.4 is 26.2 Å². The third-order valence-corrected chi connectivity index (χ3v) is 6.87. The minimum atomic E-state index is -0.419. The number of hydrogen-bond acceptors (Lipinski definition) is 4. The molecule has 4 rings (SSSR count). The van der Waals surface area contributed by atoms with E-state index in [4.69, 9.17) is 4.74 Å². The predicted octanol–water partition coefficient (Wildman–Crippen LogP) is 4.26. The van der Waals surface area contributed by atoms with Crippen molar-refractivity contribution in [2.24, 2.45) is 0 Å². The third-order valence-electron chi connectivity index (χ3n) is 6.14. The number of aromatic nitrogens is 1. The number of urea groups is 1. The molecule has 3 amide bonds. The summed E-state index contributed by atoms with van der Waals surface area (Å²) >= 11 is 3.37. The summed E-state index contributed by atoms with van der Waals surface area (Å²) in [6, 6.07) is 11.1. The van der Waals surface area contributed by atoms with Crippen molar-refractivity contribution in [3.8, 4) is 11.4 Å². The van der Waals surface area contributed by atoms with Crippen molar-refractivity contribution in [3.63, 3.8) is 0 Å². The van der Waals surface area contributed by atoms with E-state index >= 15 is 0 Å². The number of halogens is 2. The first-order valence-corrected chi connectivity index (χ1v) is 12.7. The van der Waals surface area contributed by atoms with Gasteiger partial charge in [-0.05, 0) is 83.6 Å². The monoisotopic (exact) mass is 570 g/mol. The quantitative estimate of drug-likeness (QED) is 0.376. The van der Waals surface area contributed by atoms with Gasteiger partial charge in [-0.3, -0.25) is 14.2 Å². The van der Waals surface area contributed by atoms with Crippen LogP contribution in [0.3, 0.4) is 0 Å². The lowest BCUT2D eigenvalue weighted by Gasteiger charge is -2.18. The van der Waals surface area contributed by atoms with Gasteiger partial charge in [0.2, 0.25) is 0 Å². The molecule has 3 N–H and O–H groups in total. The van der Waals surface area contributed by atoms with E-state index < -0.39 is 5.82 Å². The minimum absolute atomic E-state index is 0.0637. The summed E-state index contributed by atoms with van der Waals surface area (Å²) in [5.74, 6) is -0.341. The second kappa shape index (κ2) is 11.2. The molecular weight excluding hydrogens is 543 g/mol. The van der Waals surface area contributed by atoms with Gasteiger partial charge in [-0.2, -0.15) is 0 Å². The normalized spacial score (nSPS) is 12.7. The SMILES string of the molecule is CNC(=O)c1ccc(C)c(-n2c(C)cc(OCc3ccc(F)cc3CNC(=O)NC3CC3)c(Br)c2=O)c1. The van der Waals surface area contributed by atoms with Crippen molar-refractivity contribution in [1.29, 1.82) is 0 Å². The van der Waals surface area contributed by atoms with Gasteiger partial charge in [0.1, 0.15) is 22.6 Å². The molecule has 1 fully saturated rings. The number of hydrogen-bond donors (Lipinski definition) is 3. The van der Waals surface area contributed by atoms with E-state index in [1.807, 2.05) is 6.92 Å². The summed E-state index contributed by atoms with van der Waals surface area (Å²) in [7, 11) is 1.55. The van der Waals surface area contributed by atoms with Crippen molar-refractivity contribution < 1.29 is 18.7 Å². The van der Waals surface area contributed by atoms with E-state index in [0.29, 0.717) is 33.8 Å². The molecule has 1 aliphatic rings. The highest BCUT2D eigenvalue weighted by Crippen LogP contribution is 2.27. The fraction of sp³-hybridized carbons (Fsp3) is 0.296. The highest BCUT2D eigenvalue weighted by Gasteiger charge is 2.23. The zero-order valence-corrected chi connectivity index (χ0v) is 22.4. The van der Waals surface area contributed by atoms with Crippen LogP contribution in [0.15, 0.2) is 51.7 Å². The Morgan fingerprint density at radius 2 is 1.86 bits per heavy atom. The Hall–Kier alpha value is -3.66. The van der Waals surface area contributed by atoms with Gasteiger partial charge in [-0.15, -0.1) is 0 Å². The molecule has 3 aromatic rings. The van der Waals surface area contributed by atoms with Crippen LogP contribution >= 0.6 is 15.9 Å². The lowest BCUT2D eigenvalue weighted by Crippen LogP contribution is -2.36. The van der Waals surface area contributed by atoms with Gasteiger partial charge in [0.25, 0.3) is 11.5 Å². The van der Waals surface area contributed by atoms with E-state index in [2.05, 4.69) is 31.9 Å². The summed E-state index contributed by atoms with van der Waals surface area (Å²) in [6.45, 7) is 3.84. The fourth-order valence-electron chi connectivity index (χ4n) is 3.92. The molecule has 1 aromatic heterocycles. The molecule has 0 unspecified atom stereocenters. The number of aryl methyl sites for hydroxylation is 2. The van der Waals surface area contributed by atoms with Gasteiger partial charge in [0.15, 0.2) is 0 Å². The zero-order chi connectivity index (χ0) is 26.7. The lowest BCUT2D eigenvalue weighted by molar-refractivity contribution is 0.0963. The molecule has 0 spiro atoms. The number of nitrogens with one attached hydrogen (secondary N) is 3. The van der Waals surface area contributed by atoms with Gasteiger partial charge in [-0.1, -0.05) is 12.1 Å². The molecule has 0 bridgehead atoms. The first-order valence-electron chi connectivity index (χ1n) is 11.9. The van der Waals surface area contributed by atoms with Crippen LogP contribution in [0.1, 0.15) is 45.6 Å². The maximum atomic E-state index is 13.9. The molecular formula is C27H28BrFN4O4. The smallest absolute Gasteiger partial charge is 0.315 e. The molecule has 37 heavy (non-hydrogen) atoms. The van der Waals surface area contributed by atoms with Crippen LogP contribution in [0, 0.1) is 19.7 Å². The van der Waals surface area contributed by atoms with E-state index in [1.165, 1.54) is 16.7 Å². The van der Waals surface area contributed by atoms with Crippen LogP contribution in [0.4, 0.5) is 9.18 Å². The van der Waals surface area contributed by atoms with E-state index in [1.54, 1.807) is 44.3 Å². The van der Waals surface area contributed by atoms with Crippen molar-refractivity contribution in [3.05, 3.63) is 91.1 Å². The molecule has 1 aliphatic carbocycles. The van der Waals surface area contributed by atoms with Crippen molar-refractivity contribution in [2.75, 3.05) is 7.05 Å². The first-order chi connectivity index (χ1) is 17.7. The summed E-state index contributed by atoms with van der Waals surface area (Å²) in [5, 5.41) is 8.17.